The van der Waals surface area contributed by atoms with Crippen LogP contribution in [0.25, 0.3) is 0 Å². The van der Waals surface area contributed by atoms with Crippen molar-refractivity contribution in [1.82, 2.24) is 4.72 Å². The minimum Gasteiger partial charge on any atom is -0.493 e. The van der Waals surface area contributed by atoms with E-state index in [9.17, 15) is 8.42 Å². The molecule has 0 amide bonds. The molecule has 5 nitrogen and oxygen atoms in total. The van der Waals surface area contributed by atoms with Gasteiger partial charge >= 0.3 is 0 Å². The summed E-state index contributed by atoms with van der Waals surface area (Å²) in [7, 11) is -0.605. The molecule has 0 unspecified atom stereocenters. The molecule has 2 rings (SSSR count). The fourth-order valence-electron chi connectivity index (χ4n) is 2.15. The van der Waals surface area contributed by atoms with Gasteiger partial charge in [0.2, 0.25) is 10.0 Å². The number of aryl methyl sites for hydroxylation is 1. The summed E-state index contributed by atoms with van der Waals surface area (Å²) < 4.78 is 37.5. The van der Waals surface area contributed by atoms with E-state index in [0.717, 1.165) is 5.56 Å². The first-order valence-corrected chi connectivity index (χ1v) is 8.72. The minimum absolute atomic E-state index is 0.152. The normalized spacial score (nSPS) is 11.3. The Balaban J connectivity index is 2.05. The van der Waals surface area contributed by atoms with Crippen molar-refractivity contribution in [3.8, 4) is 11.5 Å². The lowest BCUT2D eigenvalue weighted by Crippen LogP contribution is -2.26. The van der Waals surface area contributed by atoms with Crippen LogP contribution in [0.2, 0.25) is 0 Å². The molecule has 0 saturated carbocycles. The number of benzene rings is 2. The first-order chi connectivity index (χ1) is 11.0. The number of hydrogen-bond acceptors (Lipinski definition) is 4. The van der Waals surface area contributed by atoms with Gasteiger partial charge in [0.15, 0.2) is 11.5 Å². The molecule has 23 heavy (non-hydrogen) atoms. The zero-order valence-corrected chi connectivity index (χ0v) is 14.3. The van der Waals surface area contributed by atoms with Crippen LogP contribution in [-0.4, -0.2) is 29.2 Å². The molecule has 0 spiro atoms. The van der Waals surface area contributed by atoms with E-state index < -0.39 is 10.0 Å². The summed E-state index contributed by atoms with van der Waals surface area (Å²) in [4.78, 5) is 0.152. The monoisotopic (exact) mass is 335 g/mol. The fourth-order valence-corrected chi connectivity index (χ4v) is 3.20. The topological polar surface area (TPSA) is 64.6 Å². The second-order valence-corrected chi connectivity index (χ2v) is 6.92. The second kappa shape index (κ2) is 7.48. The molecule has 1 N–H and O–H groups in total. The van der Waals surface area contributed by atoms with E-state index in [-0.39, 0.29) is 4.90 Å². The maximum absolute atomic E-state index is 12.3. The highest BCUT2D eigenvalue weighted by molar-refractivity contribution is 7.89. The molecular formula is C17H21NO4S. The quantitative estimate of drug-likeness (QED) is 0.844. The van der Waals surface area contributed by atoms with Crippen molar-refractivity contribution in [2.45, 2.75) is 18.2 Å². The molecular weight excluding hydrogens is 314 g/mol. The first kappa shape index (κ1) is 17.3. The van der Waals surface area contributed by atoms with Gasteiger partial charge in [0.1, 0.15) is 0 Å². The van der Waals surface area contributed by atoms with Crippen LogP contribution < -0.4 is 14.2 Å². The van der Waals surface area contributed by atoms with Crippen LogP contribution in [0.1, 0.15) is 11.1 Å². The average Bonchev–Trinajstić information content (AvgIpc) is 2.55. The van der Waals surface area contributed by atoms with E-state index in [1.165, 1.54) is 31.9 Å². The summed E-state index contributed by atoms with van der Waals surface area (Å²) in [5.41, 5.74) is 2.27. The van der Waals surface area contributed by atoms with Crippen molar-refractivity contribution < 1.29 is 17.9 Å². The highest BCUT2D eigenvalue weighted by atomic mass is 32.2. The number of ether oxygens (including phenoxy) is 2. The molecule has 124 valence electrons. The van der Waals surface area contributed by atoms with Gasteiger partial charge in [-0.05, 0) is 31.0 Å². The van der Waals surface area contributed by atoms with Crippen molar-refractivity contribution in [3.05, 3.63) is 53.6 Å². The van der Waals surface area contributed by atoms with Gasteiger partial charge in [-0.15, -0.1) is 0 Å². The third-order valence-electron chi connectivity index (χ3n) is 3.49. The maximum Gasteiger partial charge on any atom is 0.240 e. The molecule has 0 saturated heterocycles. The lowest BCUT2D eigenvalue weighted by Gasteiger charge is -2.11. The molecule has 0 heterocycles. The largest absolute Gasteiger partial charge is 0.493 e. The molecule has 0 bridgehead atoms. The van der Waals surface area contributed by atoms with E-state index in [1.807, 2.05) is 31.2 Å². The molecule has 2 aromatic rings. The molecule has 0 fully saturated rings. The van der Waals surface area contributed by atoms with Gasteiger partial charge in [-0.2, -0.15) is 0 Å². The van der Waals surface area contributed by atoms with Gasteiger partial charge in [-0.1, -0.05) is 29.8 Å². The van der Waals surface area contributed by atoms with Crippen LogP contribution >= 0.6 is 0 Å². The third-order valence-corrected chi connectivity index (χ3v) is 4.95. The minimum atomic E-state index is -3.58. The van der Waals surface area contributed by atoms with Crippen molar-refractivity contribution in [2.75, 3.05) is 20.8 Å². The van der Waals surface area contributed by atoms with E-state index in [0.29, 0.717) is 24.5 Å². The molecule has 0 aliphatic heterocycles. The molecule has 0 atom stereocenters. The Bertz CT molecular complexity index is 755. The predicted molar refractivity (Wildman–Crippen MR) is 89.6 cm³/mol. The Morgan fingerprint density at radius 3 is 2.22 bits per heavy atom. The zero-order valence-electron chi connectivity index (χ0n) is 13.5. The summed E-state index contributed by atoms with van der Waals surface area (Å²) in [5.74, 6) is 0.875. The Labute approximate surface area is 137 Å². The number of sulfonamides is 1. The van der Waals surface area contributed by atoms with Gasteiger partial charge < -0.3 is 9.47 Å². The number of hydrogen-bond donors (Lipinski definition) is 1. The lowest BCUT2D eigenvalue weighted by atomic mass is 10.1. The SMILES string of the molecule is COc1ccc(S(=O)(=O)NCCc2ccc(C)cc2)cc1OC. The number of methoxy groups -OCH3 is 2. The van der Waals surface area contributed by atoms with Crippen molar-refractivity contribution in [1.29, 1.82) is 0 Å². The third kappa shape index (κ3) is 4.46. The second-order valence-electron chi connectivity index (χ2n) is 5.15. The standard InChI is InChI=1S/C17H21NO4S/c1-13-4-6-14(7-5-13)10-11-18-23(19,20)15-8-9-16(21-2)17(12-15)22-3/h4-9,12,18H,10-11H2,1-3H3. The van der Waals surface area contributed by atoms with E-state index >= 15 is 0 Å². The molecule has 6 heteroatoms. The Hall–Kier alpha value is -2.05. The first-order valence-electron chi connectivity index (χ1n) is 7.23. The van der Waals surface area contributed by atoms with Gasteiger partial charge in [-0.25, -0.2) is 13.1 Å². The van der Waals surface area contributed by atoms with Crippen LogP contribution in [0.5, 0.6) is 11.5 Å². The Morgan fingerprint density at radius 1 is 0.957 bits per heavy atom. The van der Waals surface area contributed by atoms with E-state index in [4.69, 9.17) is 9.47 Å². The lowest BCUT2D eigenvalue weighted by molar-refractivity contribution is 0.354. The average molecular weight is 335 g/mol. The Morgan fingerprint density at radius 2 is 1.61 bits per heavy atom. The van der Waals surface area contributed by atoms with Gasteiger partial charge in [0, 0.05) is 12.6 Å². The van der Waals surface area contributed by atoms with Crippen LogP contribution in [0.15, 0.2) is 47.4 Å². The summed E-state index contributed by atoms with van der Waals surface area (Å²) in [5, 5.41) is 0. The predicted octanol–water partition coefficient (Wildman–Crippen LogP) is 2.53. The van der Waals surface area contributed by atoms with Crippen molar-refractivity contribution >= 4 is 10.0 Å². The highest BCUT2D eigenvalue weighted by Crippen LogP contribution is 2.29. The van der Waals surface area contributed by atoms with Gasteiger partial charge in [0.25, 0.3) is 0 Å². The highest BCUT2D eigenvalue weighted by Gasteiger charge is 2.16. The van der Waals surface area contributed by atoms with Crippen LogP contribution in [0.4, 0.5) is 0 Å². The summed E-state index contributed by atoms with van der Waals surface area (Å²) in [6, 6.07) is 12.5. The summed E-state index contributed by atoms with van der Waals surface area (Å²) in [6.45, 7) is 2.35. The van der Waals surface area contributed by atoms with Crippen molar-refractivity contribution in [2.24, 2.45) is 0 Å². The number of nitrogens with one attached hydrogen (secondary N) is 1. The van der Waals surface area contributed by atoms with Crippen LogP contribution in [-0.2, 0) is 16.4 Å². The van der Waals surface area contributed by atoms with E-state index in [1.54, 1.807) is 6.07 Å². The smallest absolute Gasteiger partial charge is 0.240 e. The van der Waals surface area contributed by atoms with Gasteiger partial charge in [-0.3, -0.25) is 0 Å². The fraction of sp³-hybridized carbons (Fsp3) is 0.294. The molecule has 0 radical (unpaired) electrons. The molecule has 0 aliphatic carbocycles. The molecule has 2 aromatic carbocycles. The summed E-state index contributed by atoms with van der Waals surface area (Å²) in [6.07, 6.45) is 0.632. The van der Waals surface area contributed by atoms with Gasteiger partial charge in [0.05, 0.1) is 19.1 Å². The van der Waals surface area contributed by atoms with Crippen molar-refractivity contribution in [3.63, 3.8) is 0 Å². The zero-order chi connectivity index (χ0) is 16.9. The maximum atomic E-state index is 12.3. The molecule has 0 aromatic heterocycles. The number of rotatable bonds is 7. The van der Waals surface area contributed by atoms with Crippen LogP contribution in [0, 0.1) is 6.92 Å². The Kier molecular flexibility index (Phi) is 5.63. The summed E-state index contributed by atoms with van der Waals surface area (Å²) >= 11 is 0. The van der Waals surface area contributed by atoms with E-state index in [2.05, 4.69) is 4.72 Å². The molecule has 0 aliphatic rings. The van der Waals surface area contributed by atoms with Crippen LogP contribution in [0.3, 0.4) is 0 Å².